The lowest BCUT2D eigenvalue weighted by molar-refractivity contribution is -0.139. The summed E-state index contributed by atoms with van der Waals surface area (Å²) in [7, 11) is 0. The predicted molar refractivity (Wildman–Crippen MR) is 63.5 cm³/mol. The molecule has 0 spiro atoms. The minimum atomic E-state index is -0.794. The molecule has 0 aromatic heterocycles. The standard InChI is InChI=1S/C12H13BrO3/c1-12(2)9(10(12)11(15)16)7-4-3-6(13)5-8(7)14/h3-5,9-10,14H,1-2H3,(H,15,16). The molecule has 0 amide bonds. The Kier molecular flexibility index (Phi) is 2.49. The molecule has 86 valence electrons. The fourth-order valence-electron chi connectivity index (χ4n) is 2.46. The first-order valence-corrected chi connectivity index (χ1v) is 5.86. The van der Waals surface area contributed by atoms with Crippen LogP contribution in [0.15, 0.2) is 22.7 Å². The van der Waals surface area contributed by atoms with Crippen LogP contribution in [0.3, 0.4) is 0 Å². The number of rotatable bonds is 2. The molecule has 3 nitrogen and oxygen atoms in total. The first-order valence-electron chi connectivity index (χ1n) is 5.07. The van der Waals surface area contributed by atoms with Crippen molar-refractivity contribution in [1.29, 1.82) is 0 Å². The van der Waals surface area contributed by atoms with Crippen molar-refractivity contribution in [2.45, 2.75) is 19.8 Å². The summed E-state index contributed by atoms with van der Waals surface area (Å²) in [6.45, 7) is 3.83. The largest absolute Gasteiger partial charge is 0.508 e. The van der Waals surface area contributed by atoms with Gasteiger partial charge in [0.1, 0.15) is 5.75 Å². The number of benzene rings is 1. The molecule has 0 radical (unpaired) electrons. The molecule has 4 heteroatoms. The number of aliphatic carboxylic acids is 1. The van der Waals surface area contributed by atoms with E-state index in [-0.39, 0.29) is 17.1 Å². The van der Waals surface area contributed by atoms with Crippen LogP contribution in [-0.2, 0) is 4.79 Å². The fourth-order valence-corrected chi connectivity index (χ4v) is 2.81. The maximum absolute atomic E-state index is 11.0. The quantitative estimate of drug-likeness (QED) is 0.878. The summed E-state index contributed by atoms with van der Waals surface area (Å²) in [6, 6.07) is 5.21. The summed E-state index contributed by atoms with van der Waals surface area (Å²) in [5.41, 5.74) is 0.442. The number of halogens is 1. The van der Waals surface area contributed by atoms with E-state index in [0.29, 0.717) is 0 Å². The zero-order chi connectivity index (χ0) is 12.1. The highest BCUT2D eigenvalue weighted by Crippen LogP contribution is 2.65. The number of carbonyl (C=O) groups is 1. The molecular weight excluding hydrogens is 272 g/mol. The molecule has 2 atom stereocenters. The summed E-state index contributed by atoms with van der Waals surface area (Å²) in [5, 5.41) is 18.9. The molecule has 0 heterocycles. The Morgan fingerprint density at radius 3 is 2.50 bits per heavy atom. The van der Waals surface area contributed by atoms with Crippen LogP contribution in [0.2, 0.25) is 0 Å². The molecule has 2 N–H and O–H groups in total. The van der Waals surface area contributed by atoms with Crippen molar-refractivity contribution in [3.05, 3.63) is 28.2 Å². The molecule has 1 aliphatic carbocycles. The average Bonchev–Trinajstić information content (AvgIpc) is 2.69. The monoisotopic (exact) mass is 284 g/mol. The van der Waals surface area contributed by atoms with Crippen molar-refractivity contribution >= 4 is 21.9 Å². The Morgan fingerprint density at radius 1 is 1.44 bits per heavy atom. The summed E-state index contributed by atoms with van der Waals surface area (Å²) in [4.78, 5) is 11.0. The Hall–Kier alpha value is -1.03. The first kappa shape index (κ1) is 11.5. The van der Waals surface area contributed by atoms with Gasteiger partial charge in [0.25, 0.3) is 0 Å². The molecule has 2 rings (SSSR count). The lowest BCUT2D eigenvalue weighted by Crippen LogP contribution is -2.03. The molecule has 1 aromatic carbocycles. The molecule has 1 aromatic rings. The SMILES string of the molecule is CC1(C)C(C(=O)O)C1c1ccc(Br)cc1O. The molecule has 0 bridgehead atoms. The Morgan fingerprint density at radius 2 is 2.06 bits per heavy atom. The topological polar surface area (TPSA) is 57.5 Å². The van der Waals surface area contributed by atoms with Gasteiger partial charge in [-0.1, -0.05) is 35.8 Å². The molecule has 0 aliphatic heterocycles. The van der Waals surface area contributed by atoms with E-state index in [1.807, 2.05) is 19.9 Å². The van der Waals surface area contributed by atoms with E-state index < -0.39 is 11.9 Å². The minimum Gasteiger partial charge on any atom is -0.508 e. The van der Waals surface area contributed by atoms with E-state index in [4.69, 9.17) is 5.11 Å². The van der Waals surface area contributed by atoms with Crippen molar-refractivity contribution in [2.24, 2.45) is 11.3 Å². The van der Waals surface area contributed by atoms with E-state index >= 15 is 0 Å². The van der Waals surface area contributed by atoms with Crippen molar-refractivity contribution < 1.29 is 15.0 Å². The van der Waals surface area contributed by atoms with Gasteiger partial charge in [0.15, 0.2) is 0 Å². The minimum absolute atomic E-state index is 0.0990. The van der Waals surface area contributed by atoms with Crippen LogP contribution in [0, 0.1) is 11.3 Å². The number of phenols is 1. The number of phenolic OH excluding ortho intramolecular Hbond substituents is 1. The van der Waals surface area contributed by atoms with Gasteiger partial charge in [0.05, 0.1) is 5.92 Å². The third kappa shape index (κ3) is 1.61. The van der Waals surface area contributed by atoms with Gasteiger partial charge in [0, 0.05) is 10.4 Å². The van der Waals surface area contributed by atoms with Gasteiger partial charge in [-0.25, -0.2) is 0 Å². The van der Waals surface area contributed by atoms with Gasteiger partial charge in [-0.2, -0.15) is 0 Å². The van der Waals surface area contributed by atoms with Crippen LogP contribution in [0.25, 0.3) is 0 Å². The molecule has 0 saturated heterocycles. The molecular formula is C12H13BrO3. The predicted octanol–water partition coefficient (Wildman–Crippen LogP) is 2.98. The zero-order valence-electron chi connectivity index (χ0n) is 9.07. The lowest BCUT2D eigenvalue weighted by Gasteiger charge is -2.05. The third-order valence-corrected chi connectivity index (χ3v) is 3.91. The van der Waals surface area contributed by atoms with Gasteiger partial charge in [0.2, 0.25) is 0 Å². The molecule has 1 aliphatic rings. The van der Waals surface area contributed by atoms with Crippen LogP contribution in [0.1, 0.15) is 25.3 Å². The third-order valence-electron chi connectivity index (χ3n) is 3.42. The van der Waals surface area contributed by atoms with Gasteiger partial charge in [-0.15, -0.1) is 0 Å². The van der Waals surface area contributed by atoms with E-state index in [0.717, 1.165) is 10.0 Å². The number of carboxylic acids is 1. The van der Waals surface area contributed by atoms with Crippen molar-refractivity contribution in [2.75, 3.05) is 0 Å². The van der Waals surface area contributed by atoms with Crippen LogP contribution < -0.4 is 0 Å². The first-order chi connectivity index (χ1) is 7.35. The van der Waals surface area contributed by atoms with Gasteiger partial charge >= 0.3 is 5.97 Å². The summed E-state index contributed by atoms with van der Waals surface area (Å²) >= 11 is 3.26. The van der Waals surface area contributed by atoms with Crippen molar-refractivity contribution in [1.82, 2.24) is 0 Å². The summed E-state index contributed by atoms with van der Waals surface area (Å²) in [6.07, 6.45) is 0. The highest BCUT2D eigenvalue weighted by Gasteiger charge is 2.63. The van der Waals surface area contributed by atoms with Crippen LogP contribution in [0.4, 0.5) is 0 Å². The molecule has 2 unspecified atom stereocenters. The van der Waals surface area contributed by atoms with Crippen LogP contribution in [0.5, 0.6) is 5.75 Å². The fraction of sp³-hybridized carbons (Fsp3) is 0.417. The average molecular weight is 285 g/mol. The smallest absolute Gasteiger partial charge is 0.307 e. The second-order valence-electron chi connectivity index (χ2n) is 4.82. The van der Waals surface area contributed by atoms with E-state index in [1.54, 1.807) is 12.1 Å². The van der Waals surface area contributed by atoms with E-state index in [2.05, 4.69) is 15.9 Å². The molecule has 16 heavy (non-hydrogen) atoms. The number of hydrogen-bond acceptors (Lipinski definition) is 2. The summed E-state index contributed by atoms with van der Waals surface area (Å²) in [5.74, 6) is -1.13. The zero-order valence-corrected chi connectivity index (χ0v) is 10.7. The second kappa shape index (κ2) is 3.48. The van der Waals surface area contributed by atoms with Gasteiger partial charge in [-0.05, 0) is 23.1 Å². The number of carboxylic acid groups (broad SMARTS) is 1. The van der Waals surface area contributed by atoms with Gasteiger partial charge in [-0.3, -0.25) is 4.79 Å². The van der Waals surface area contributed by atoms with Gasteiger partial charge < -0.3 is 10.2 Å². The van der Waals surface area contributed by atoms with Crippen LogP contribution >= 0.6 is 15.9 Å². The highest BCUT2D eigenvalue weighted by molar-refractivity contribution is 9.10. The summed E-state index contributed by atoms with van der Waals surface area (Å²) < 4.78 is 0.791. The molecule has 1 saturated carbocycles. The number of hydrogen-bond donors (Lipinski definition) is 2. The normalized spacial score (nSPS) is 26.4. The maximum atomic E-state index is 11.0. The van der Waals surface area contributed by atoms with Crippen LogP contribution in [-0.4, -0.2) is 16.2 Å². The van der Waals surface area contributed by atoms with E-state index in [9.17, 15) is 9.90 Å². The Bertz CT molecular complexity index is 454. The van der Waals surface area contributed by atoms with Crippen molar-refractivity contribution in [3.8, 4) is 5.75 Å². The molecule has 1 fully saturated rings. The maximum Gasteiger partial charge on any atom is 0.307 e. The highest BCUT2D eigenvalue weighted by atomic mass is 79.9. The second-order valence-corrected chi connectivity index (χ2v) is 5.73. The Balaban J connectivity index is 2.37. The van der Waals surface area contributed by atoms with Crippen molar-refractivity contribution in [3.63, 3.8) is 0 Å². The van der Waals surface area contributed by atoms with E-state index in [1.165, 1.54) is 0 Å². The lowest BCUT2D eigenvalue weighted by atomic mass is 10.0. The number of aromatic hydroxyl groups is 1. The Labute approximate surface area is 102 Å².